The van der Waals surface area contributed by atoms with Crippen LogP contribution in [-0.2, 0) is 9.84 Å². The predicted octanol–water partition coefficient (Wildman–Crippen LogP) is 8.43. The lowest BCUT2D eigenvalue weighted by atomic mass is 10.1. The van der Waals surface area contributed by atoms with Gasteiger partial charge in [-0.05, 0) is 78.8 Å². The molecular weight excluding hydrogens is 917 g/mol. The summed E-state index contributed by atoms with van der Waals surface area (Å²) in [6.07, 6.45) is 6.36. The minimum absolute atomic E-state index is 0.0561. The van der Waals surface area contributed by atoms with E-state index in [9.17, 15) is 38.2 Å². The molecule has 0 saturated heterocycles. The number of amides is 2. The van der Waals surface area contributed by atoms with Crippen molar-refractivity contribution in [2.24, 2.45) is 0 Å². The molecule has 0 unspecified atom stereocenters. The number of sulfone groups is 1. The number of non-ortho nitro benzene ring substituents is 2. The highest BCUT2D eigenvalue weighted by atomic mass is 32.2. The maximum Gasteiger partial charge on any atom is 0.269 e. The molecule has 0 aliphatic heterocycles. The minimum Gasteiger partial charge on any atom is -0.324 e. The first-order chi connectivity index (χ1) is 32.4. The average molecular weight is 959 g/mol. The van der Waals surface area contributed by atoms with Crippen LogP contribution in [0.1, 0.15) is 71.4 Å². The zero-order valence-electron chi connectivity index (χ0n) is 37.1. The maximum atomic E-state index is 12.6. The van der Waals surface area contributed by atoms with Crippen molar-refractivity contribution in [3.63, 3.8) is 0 Å². The molecule has 4 N–H and O–H groups in total. The highest BCUT2D eigenvalue weighted by molar-refractivity contribution is 7.98. The van der Waals surface area contributed by atoms with Crippen molar-refractivity contribution < 1.29 is 27.9 Å². The molecule has 4 aromatic heterocycles. The van der Waals surface area contributed by atoms with Gasteiger partial charge in [-0.3, -0.25) is 29.8 Å². The number of hydrogen-bond acceptors (Lipinski definition) is 17. The van der Waals surface area contributed by atoms with Gasteiger partial charge in [0, 0.05) is 75.5 Å². The number of benzene rings is 4. The third-order valence-corrected chi connectivity index (χ3v) is 11.3. The van der Waals surface area contributed by atoms with Gasteiger partial charge in [0.05, 0.1) is 22.2 Å². The SMILES string of the molecule is CC(C)c1cnn2c(Nc3cccc(NC(=O)c4ccc([N+](=O)[O-])cc4)c3)nc(S(C)(=O)=O)nc12.CSc1nc(Nc2cccc(NC(=O)c3ccc([N+](=O)[O-])cc3)c2)n2ncc(C(C)C)c2n1. The second kappa shape index (κ2) is 20.0. The lowest BCUT2D eigenvalue weighted by Crippen LogP contribution is -2.13. The fourth-order valence-corrected chi connectivity index (χ4v) is 7.33. The number of nitro benzene ring substituents is 2. The summed E-state index contributed by atoms with van der Waals surface area (Å²) in [6, 6.07) is 24.5. The smallest absolute Gasteiger partial charge is 0.269 e. The van der Waals surface area contributed by atoms with Crippen LogP contribution in [0.5, 0.6) is 0 Å². The van der Waals surface area contributed by atoms with Gasteiger partial charge in [0.2, 0.25) is 21.7 Å². The Morgan fingerprint density at radius 2 is 1.03 bits per heavy atom. The van der Waals surface area contributed by atoms with Gasteiger partial charge >= 0.3 is 0 Å². The molecule has 8 rings (SSSR count). The summed E-state index contributed by atoms with van der Waals surface area (Å²) in [4.78, 5) is 63.2. The van der Waals surface area contributed by atoms with E-state index in [2.05, 4.69) is 65.2 Å². The Balaban J connectivity index is 0.000000202. The van der Waals surface area contributed by atoms with Crippen LogP contribution in [-0.4, -0.2) is 81.8 Å². The first-order valence-electron chi connectivity index (χ1n) is 20.5. The molecule has 0 fully saturated rings. The van der Waals surface area contributed by atoms with Gasteiger partial charge in [0.25, 0.3) is 28.3 Å². The van der Waals surface area contributed by atoms with E-state index in [-0.39, 0.29) is 45.8 Å². The number of hydrogen-bond donors (Lipinski definition) is 4. The molecule has 8 aromatic rings. The van der Waals surface area contributed by atoms with Crippen LogP contribution in [0, 0.1) is 20.2 Å². The van der Waals surface area contributed by atoms with E-state index in [1.807, 2.05) is 26.2 Å². The van der Waals surface area contributed by atoms with Gasteiger partial charge in [-0.15, -0.1) is 0 Å². The molecule has 24 heteroatoms. The van der Waals surface area contributed by atoms with Crippen LogP contribution < -0.4 is 21.3 Å². The molecule has 348 valence electrons. The summed E-state index contributed by atoms with van der Waals surface area (Å²) in [6.45, 7) is 8.07. The van der Waals surface area contributed by atoms with Gasteiger partial charge in [-0.1, -0.05) is 51.6 Å². The van der Waals surface area contributed by atoms with E-state index in [1.54, 1.807) is 59.4 Å². The standard InChI is InChI=1S/C22H21N7O5S.C22H21N7O3S/c1-13(2)18-12-23-28-19(18)26-22(35(3,33)34)27-21(28)25-16-6-4-5-15(11-16)24-20(30)14-7-9-17(10-8-14)29(31)32;1-13(2)18-12-23-28-19(18)26-22(33-3)27-21(28)25-16-6-4-5-15(11-16)24-20(30)14-7-9-17(10-8-14)29(31)32/h4-13H,1-3H3,(H,24,30)(H,25,26,27);4-13H,1-3H3,(H,24,30)(H,25,26,27). The average Bonchev–Trinajstić information content (AvgIpc) is 3.95. The largest absolute Gasteiger partial charge is 0.324 e. The molecular formula is C44H42N14O8S2. The summed E-state index contributed by atoms with van der Waals surface area (Å²) in [5.41, 5.74) is 5.50. The van der Waals surface area contributed by atoms with Crippen molar-refractivity contribution in [1.82, 2.24) is 39.2 Å². The molecule has 0 bridgehead atoms. The fourth-order valence-electron chi connectivity index (χ4n) is 6.47. The second-order valence-corrected chi connectivity index (χ2v) is 18.2. The van der Waals surface area contributed by atoms with Gasteiger partial charge in [-0.25, -0.2) is 13.4 Å². The summed E-state index contributed by atoms with van der Waals surface area (Å²) in [5, 5.41) is 42.5. The van der Waals surface area contributed by atoms with Crippen molar-refractivity contribution in [3.05, 3.63) is 152 Å². The van der Waals surface area contributed by atoms with E-state index >= 15 is 0 Å². The third kappa shape index (κ3) is 11.0. The second-order valence-electron chi connectivity index (χ2n) is 15.5. The van der Waals surface area contributed by atoms with Crippen LogP contribution >= 0.6 is 11.8 Å². The van der Waals surface area contributed by atoms with Crippen LogP contribution in [0.2, 0.25) is 0 Å². The van der Waals surface area contributed by atoms with E-state index in [0.29, 0.717) is 45.1 Å². The molecule has 0 radical (unpaired) electrons. The summed E-state index contributed by atoms with van der Waals surface area (Å²) in [7, 11) is -3.70. The predicted molar refractivity (Wildman–Crippen MR) is 256 cm³/mol. The lowest BCUT2D eigenvalue weighted by Gasteiger charge is -2.11. The Labute approximate surface area is 391 Å². The number of aromatic nitrogens is 8. The molecule has 0 aliphatic rings. The Bertz CT molecular complexity index is 3320. The highest BCUT2D eigenvalue weighted by Crippen LogP contribution is 2.28. The van der Waals surface area contributed by atoms with Gasteiger partial charge in [0.1, 0.15) is 0 Å². The number of nitrogens with zero attached hydrogens (tertiary/aromatic N) is 10. The van der Waals surface area contributed by atoms with Crippen LogP contribution in [0.3, 0.4) is 0 Å². The summed E-state index contributed by atoms with van der Waals surface area (Å²) < 4.78 is 27.5. The molecule has 0 aliphatic carbocycles. The van der Waals surface area contributed by atoms with Crippen molar-refractivity contribution in [1.29, 1.82) is 0 Å². The summed E-state index contributed by atoms with van der Waals surface area (Å²) in [5.74, 6) is 0.147. The first kappa shape index (κ1) is 47.6. The molecule has 0 saturated carbocycles. The Morgan fingerprint density at radius 1 is 0.618 bits per heavy atom. The summed E-state index contributed by atoms with van der Waals surface area (Å²) >= 11 is 1.44. The number of nitro groups is 2. The third-order valence-electron chi connectivity index (χ3n) is 9.94. The molecule has 4 aromatic carbocycles. The van der Waals surface area contributed by atoms with E-state index in [1.165, 1.54) is 64.8 Å². The topological polar surface area (TPSA) is 289 Å². The maximum absolute atomic E-state index is 12.6. The number of carbonyl (C=O) groups excluding carboxylic acids is 2. The molecule has 22 nitrogen and oxygen atoms in total. The van der Waals surface area contributed by atoms with E-state index in [4.69, 9.17) is 0 Å². The zero-order valence-corrected chi connectivity index (χ0v) is 38.7. The Kier molecular flexibility index (Phi) is 14.0. The van der Waals surface area contributed by atoms with Crippen LogP contribution in [0.4, 0.5) is 46.0 Å². The van der Waals surface area contributed by atoms with E-state index < -0.39 is 25.6 Å². The highest BCUT2D eigenvalue weighted by Gasteiger charge is 2.21. The number of rotatable bonds is 14. The molecule has 4 heterocycles. The zero-order chi connectivity index (χ0) is 48.9. The van der Waals surface area contributed by atoms with Crippen molar-refractivity contribution in [3.8, 4) is 0 Å². The normalized spacial score (nSPS) is 11.3. The van der Waals surface area contributed by atoms with Gasteiger partial charge in [-0.2, -0.15) is 34.2 Å². The minimum atomic E-state index is -3.70. The van der Waals surface area contributed by atoms with E-state index in [0.717, 1.165) is 23.0 Å². The monoisotopic (exact) mass is 958 g/mol. The quantitative estimate of drug-likeness (QED) is 0.0451. The first-order valence-corrected chi connectivity index (χ1v) is 23.6. The van der Waals surface area contributed by atoms with Crippen molar-refractivity contribution in [2.75, 3.05) is 33.8 Å². The van der Waals surface area contributed by atoms with Crippen molar-refractivity contribution in [2.45, 2.75) is 49.8 Å². The molecule has 68 heavy (non-hydrogen) atoms. The Hall–Kier alpha value is -8.38. The number of nitrogens with one attached hydrogen (secondary N) is 4. The van der Waals surface area contributed by atoms with Gasteiger partial charge in [0.15, 0.2) is 16.5 Å². The fraction of sp³-hybridized carbons (Fsp3) is 0.182. The number of thioether (sulfide) groups is 1. The number of carbonyl (C=O) groups is 2. The molecule has 2 amide bonds. The molecule has 0 atom stereocenters. The van der Waals surface area contributed by atoms with Crippen LogP contribution in [0.25, 0.3) is 11.3 Å². The lowest BCUT2D eigenvalue weighted by molar-refractivity contribution is -0.385. The number of anilines is 6. The molecule has 0 spiro atoms. The number of fused-ring (bicyclic) bond motifs is 2. The van der Waals surface area contributed by atoms with Crippen LogP contribution in [0.15, 0.2) is 120 Å². The van der Waals surface area contributed by atoms with Crippen molar-refractivity contribution >= 4 is 90.7 Å². The van der Waals surface area contributed by atoms with Gasteiger partial charge < -0.3 is 21.3 Å². The Morgan fingerprint density at radius 3 is 1.43 bits per heavy atom.